The zero-order valence-corrected chi connectivity index (χ0v) is 13.9. The average molecular weight is 403 g/mol. The molecule has 1 aliphatic heterocycles. The molecule has 0 aliphatic carbocycles. The van der Waals surface area contributed by atoms with Gasteiger partial charge in [-0.15, -0.1) is 0 Å². The lowest BCUT2D eigenvalue weighted by Crippen LogP contribution is -1.95. The molecule has 0 saturated carbocycles. The van der Waals surface area contributed by atoms with E-state index in [0.29, 0.717) is 6.61 Å². The third kappa shape index (κ3) is 2.89. The van der Waals surface area contributed by atoms with Gasteiger partial charge in [0.05, 0.1) is 18.0 Å². The van der Waals surface area contributed by atoms with Crippen LogP contribution in [-0.2, 0) is 18.0 Å². The first kappa shape index (κ1) is 13.6. The summed E-state index contributed by atoms with van der Waals surface area (Å²) < 4.78 is 6.44. The van der Waals surface area contributed by atoms with Crippen molar-refractivity contribution in [2.45, 2.75) is 18.0 Å². The number of benzene rings is 2. The Bertz CT molecular complexity index is 607. The van der Waals surface area contributed by atoms with Gasteiger partial charge in [0, 0.05) is 9.50 Å². The zero-order chi connectivity index (χ0) is 13.4. The molecule has 4 heteroatoms. The normalized spacial score (nSPS) is 15.3. The second-order valence-corrected chi connectivity index (χ2v) is 6.85. The SMILES string of the molecule is Clc1cc(Br)cc(C(Br)c2ccc3c(c2)COC3)c1. The summed E-state index contributed by atoms with van der Waals surface area (Å²) in [5.74, 6) is 0. The van der Waals surface area contributed by atoms with Crippen molar-refractivity contribution in [3.8, 4) is 0 Å². The topological polar surface area (TPSA) is 9.23 Å². The monoisotopic (exact) mass is 400 g/mol. The van der Waals surface area contributed by atoms with Crippen molar-refractivity contribution in [3.63, 3.8) is 0 Å². The van der Waals surface area contributed by atoms with Gasteiger partial charge in [0.1, 0.15) is 0 Å². The second-order valence-electron chi connectivity index (χ2n) is 4.59. The number of hydrogen-bond acceptors (Lipinski definition) is 1. The Labute approximate surface area is 134 Å². The smallest absolute Gasteiger partial charge is 0.0725 e. The molecule has 1 heterocycles. The molecule has 2 aromatic rings. The molecule has 1 unspecified atom stereocenters. The Morgan fingerprint density at radius 1 is 1.00 bits per heavy atom. The maximum absolute atomic E-state index is 6.10. The molecule has 0 amide bonds. The quantitative estimate of drug-likeness (QED) is 0.593. The lowest BCUT2D eigenvalue weighted by molar-refractivity contribution is 0.134. The van der Waals surface area contributed by atoms with E-state index in [-0.39, 0.29) is 4.83 Å². The minimum Gasteiger partial charge on any atom is -0.372 e. The Morgan fingerprint density at radius 3 is 2.58 bits per heavy atom. The summed E-state index contributed by atoms with van der Waals surface area (Å²) in [5.41, 5.74) is 4.93. The minimum absolute atomic E-state index is 0.133. The van der Waals surface area contributed by atoms with Crippen molar-refractivity contribution < 1.29 is 4.74 Å². The fourth-order valence-electron chi connectivity index (χ4n) is 2.26. The predicted octanol–water partition coefficient (Wildman–Crippen LogP) is 5.62. The highest BCUT2D eigenvalue weighted by molar-refractivity contribution is 9.10. The average Bonchev–Trinajstić information content (AvgIpc) is 2.83. The Morgan fingerprint density at radius 2 is 1.79 bits per heavy atom. The van der Waals surface area contributed by atoms with Gasteiger partial charge in [0.15, 0.2) is 0 Å². The van der Waals surface area contributed by atoms with Gasteiger partial charge in [-0.05, 0) is 40.5 Å². The highest BCUT2D eigenvalue weighted by Gasteiger charge is 2.16. The van der Waals surface area contributed by atoms with Gasteiger partial charge in [-0.1, -0.05) is 61.7 Å². The van der Waals surface area contributed by atoms with Crippen molar-refractivity contribution in [1.29, 1.82) is 0 Å². The third-order valence-electron chi connectivity index (χ3n) is 3.22. The number of halogens is 3. The van der Waals surface area contributed by atoms with Crippen LogP contribution in [0.2, 0.25) is 5.02 Å². The number of alkyl halides is 1. The molecular formula is C15H11Br2ClO. The van der Waals surface area contributed by atoms with Crippen LogP contribution >= 0.6 is 43.5 Å². The summed E-state index contributed by atoms with van der Waals surface area (Å²) >= 11 is 13.3. The molecule has 0 radical (unpaired) electrons. The molecular weight excluding hydrogens is 391 g/mol. The maximum atomic E-state index is 6.10. The van der Waals surface area contributed by atoms with E-state index in [1.807, 2.05) is 12.1 Å². The van der Waals surface area contributed by atoms with Crippen LogP contribution in [0.4, 0.5) is 0 Å². The molecule has 2 aromatic carbocycles. The lowest BCUT2D eigenvalue weighted by atomic mass is 10.0. The molecule has 0 fully saturated rings. The standard InChI is InChI=1S/C15H11Br2ClO/c16-13-4-11(5-14(18)6-13)15(17)9-1-2-10-7-19-8-12(10)3-9/h1-6,15H,7-8H2. The number of ether oxygens (including phenoxy) is 1. The summed E-state index contributed by atoms with van der Waals surface area (Å²) in [6.07, 6.45) is 0. The number of hydrogen-bond donors (Lipinski definition) is 0. The van der Waals surface area contributed by atoms with E-state index in [2.05, 4.69) is 56.1 Å². The van der Waals surface area contributed by atoms with Crippen molar-refractivity contribution in [2.75, 3.05) is 0 Å². The molecule has 0 spiro atoms. The summed E-state index contributed by atoms with van der Waals surface area (Å²) in [5, 5.41) is 0.735. The Kier molecular flexibility index (Phi) is 3.99. The molecule has 19 heavy (non-hydrogen) atoms. The van der Waals surface area contributed by atoms with Crippen LogP contribution in [0, 0.1) is 0 Å². The first-order chi connectivity index (χ1) is 9.13. The molecule has 1 atom stereocenters. The molecule has 1 aliphatic rings. The molecule has 98 valence electrons. The van der Waals surface area contributed by atoms with Crippen LogP contribution in [0.3, 0.4) is 0 Å². The van der Waals surface area contributed by atoms with Gasteiger partial charge in [-0.2, -0.15) is 0 Å². The lowest BCUT2D eigenvalue weighted by Gasteiger charge is -2.13. The van der Waals surface area contributed by atoms with Gasteiger partial charge in [-0.25, -0.2) is 0 Å². The highest BCUT2D eigenvalue weighted by Crippen LogP contribution is 2.35. The van der Waals surface area contributed by atoms with E-state index in [9.17, 15) is 0 Å². The van der Waals surface area contributed by atoms with Gasteiger partial charge in [-0.3, -0.25) is 0 Å². The van der Waals surface area contributed by atoms with E-state index in [4.69, 9.17) is 16.3 Å². The summed E-state index contributed by atoms with van der Waals surface area (Å²) in [7, 11) is 0. The predicted molar refractivity (Wildman–Crippen MR) is 84.9 cm³/mol. The maximum Gasteiger partial charge on any atom is 0.0725 e. The van der Waals surface area contributed by atoms with Crippen LogP contribution < -0.4 is 0 Å². The Balaban J connectivity index is 1.97. The molecule has 1 nitrogen and oxygen atoms in total. The van der Waals surface area contributed by atoms with E-state index < -0.39 is 0 Å². The molecule has 0 N–H and O–H groups in total. The third-order valence-corrected chi connectivity index (χ3v) is 4.95. The zero-order valence-electron chi connectivity index (χ0n) is 10.00. The molecule has 0 bridgehead atoms. The Hall–Kier alpha value is -0.350. The van der Waals surface area contributed by atoms with Crippen molar-refractivity contribution >= 4 is 43.5 Å². The van der Waals surface area contributed by atoms with Gasteiger partial charge < -0.3 is 4.74 Å². The molecule has 0 saturated heterocycles. The van der Waals surface area contributed by atoms with Crippen LogP contribution in [0.5, 0.6) is 0 Å². The van der Waals surface area contributed by atoms with Crippen LogP contribution in [0.1, 0.15) is 27.1 Å². The van der Waals surface area contributed by atoms with Crippen molar-refractivity contribution in [1.82, 2.24) is 0 Å². The van der Waals surface area contributed by atoms with E-state index in [1.165, 1.54) is 16.7 Å². The summed E-state index contributed by atoms with van der Waals surface area (Å²) in [6, 6.07) is 12.4. The summed E-state index contributed by atoms with van der Waals surface area (Å²) in [6.45, 7) is 1.44. The second kappa shape index (κ2) is 5.57. The van der Waals surface area contributed by atoms with Gasteiger partial charge >= 0.3 is 0 Å². The van der Waals surface area contributed by atoms with Crippen LogP contribution in [0.15, 0.2) is 40.9 Å². The highest BCUT2D eigenvalue weighted by atomic mass is 79.9. The fourth-order valence-corrected chi connectivity index (χ4v) is 3.70. The number of fused-ring (bicyclic) bond motifs is 1. The van der Waals surface area contributed by atoms with Crippen molar-refractivity contribution in [2.24, 2.45) is 0 Å². The van der Waals surface area contributed by atoms with Crippen LogP contribution in [-0.4, -0.2) is 0 Å². The van der Waals surface area contributed by atoms with Gasteiger partial charge in [0.2, 0.25) is 0 Å². The van der Waals surface area contributed by atoms with Crippen LogP contribution in [0.25, 0.3) is 0 Å². The van der Waals surface area contributed by atoms with E-state index in [0.717, 1.165) is 21.7 Å². The largest absolute Gasteiger partial charge is 0.372 e. The van der Waals surface area contributed by atoms with E-state index in [1.54, 1.807) is 0 Å². The molecule has 0 aromatic heterocycles. The van der Waals surface area contributed by atoms with E-state index >= 15 is 0 Å². The summed E-state index contributed by atoms with van der Waals surface area (Å²) in [4.78, 5) is 0.133. The molecule has 3 rings (SSSR count). The number of rotatable bonds is 2. The van der Waals surface area contributed by atoms with Gasteiger partial charge in [0.25, 0.3) is 0 Å². The first-order valence-corrected chi connectivity index (χ1v) is 8.01. The fraction of sp³-hybridized carbons (Fsp3) is 0.200. The first-order valence-electron chi connectivity index (χ1n) is 5.93. The minimum atomic E-state index is 0.133. The van der Waals surface area contributed by atoms with Crippen molar-refractivity contribution in [3.05, 3.63) is 68.1 Å².